The smallest absolute Gasteiger partial charge is 0.241 e. The van der Waals surface area contributed by atoms with E-state index in [-0.39, 0.29) is 10.8 Å². The van der Waals surface area contributed by atoms with Crippen LogP contribution in [0.1, 0.15) is 13.3 Å². The van der Waals surface area contributed by atoms with E-state index >= 15 is 0 Å². The molecule has 2 N–H and O–H groups in total. The minimum atomic E-state index is -3.78. The van der Waals surface area contributed by atoms with Gasteiger partial charge in [-0.25, -0.2) is 8.42 Å². The molecule has 0 radical (unpaired) electrons. The van der Waals surface area contributed by atoms with E-state index < -0.39 is 16.1 Å². The molecule has 1 fully saturated rings. The zero-order valence-corrected chi connectivity index (χ0v) is 16.9. The lowest BCUT2D eigenvalue weighted by Crippen LogP contribution is -2.45. The maximum Gasteiger partial charge on any atom is 0.241 e. The SMILES string of the molecule is C[C@H](NS(=O)(=O)c1ccc2ccccc2c1)C(=O)NCCCN1CCOCC1. The number of hydrogen-bond acceptors (Lipinski definition) is 5. The molecule has 0 spiro atoms. The number of nitrogens with zero attached hydrogens (tertiary/aromatic N) is 1. The Balaban J connectivity index is 1.50. The second kappa shape index (κ2) is 9.47. The minimum absolute atomic E-state index is 0.151. The summed E-state index contributed by atoms with van der Waals surface area (Å²) in [4.78, 5) is 14.7. The highest BCUT2D eigenvalue weighted by Crippen LogP contribution is 2.19. The molecule has 0 bridgehead atoms. The van der Waals surface area contributed by atoms with E-state index in [1.165, 1.54) is 0 Å². The van der Waals surface area contributed by atoms with Gasteiger partial charge in [0.25, 0.3) is 0 Å². The summed E-state index contributed by atoms with van der Waals surface area (Å²) >= 11 is 0. The van der Waals surface area contributed by atoms with Crippen LogP contribution in [0.2, 0.25) is 0 Å². The first-order valence-electron chi connectivity index (χ1n) is 9.55. The van der Waals surface area contributed by atoms with Crippen LogP contribution in [0.25, 0.3) is 10.8 Å². The summed E-state index contributed by atoms with van der Waals surface area (Å²) in [7, 11) is -3.78. The molecule has 2 aromatic rings. The fraction of sp³-hybridized carbons (Fsp3) is 0.450. The topological polar surface area (TPSA) is 87.7 Å². The van der Waals surface area contributed by atoms with Crippen molar-refractivity contribution in [1.29, 1.82) is 0 Å². The number of nitrogens with one attached hydrogen (secondary N) is 2. The van der Waals surface area contributed by atoms with Crippen LogP contribution in [0.3, 0.4) is 0 Å². The molecule has 152 valence electrons. The second-order valence-corrected chi connectivity index (χ2v) is 8.66. The van der Waals surface area contributed by atoms with Crippen LogP contribution in [0.15, 0.2) is 47.4 Å². The standard InChI is InChI=1S/C20H27N3O4S/c1-16(20(24)21-9-4-10-23-11-13-27-14-12-23)22-28(25,26)19-8-7-17-5-2-3-6-18(17)15-19/h2-3,5-8,15-16,22H,4,9-14H2,1H3,(H,21,24)/t16-/m0/s1. The molecule has 0 saturated carbocycles. The monoisotopic (exact) mass is 405 g/mol. The molecule has 0 aromatic heterocycles. The molecule has 7 nitrogen and oxygen atoms in total. The number of fused-ring (bicyclic) bond motifs is 1. The van der Waals surface area contributed by atoms with Gasteiger partial charge < -0.3 is 10.1 Å². The third kappa shape index (κ3) is 5.51. The van der Waals surface area contributed by atoms with Crippen LogP contribution in [0.4, 0.5) is 0 Å². The normalized spacial score (nSPS) is 16.8. The van der Waals surface area contributed by atoms with Crippen LogP contribution < -0.4 is 10.0 Å². The van der Waals surface area contributed by atoms with E-state index in [9.17, 15) is 13.2 Å². The second-order valence-electron chi connectivity index (χ2n) is 6.95. The van der Waals surface area contributed by atoms with Gasteiger partial charge in [0.15, 0.2) is 0 Å². The molecular weight excluding hydrogens is 378 g/mol. The molecule has 3 rings (SSSR count). The van der Waals surface area contributed by atoms with Gasteiger partial charge in [-0.3, -0.25) is 9.69 Å². The van der Waals surface area contributed by atoms with E-state index in [0.29, 0.717) is 6.54 Å². The summed E-state index contributed by atoms with van der Waals surface area (Å²) in [5.74, 6) is -0.327. The number of amides is 1. The Morgan fingerprint density at radius 1 is 1.14 bits per heavy atom. The predicted molar refractivity (Wildman–Crippen MR) is 109 cm³/mol. The Bertz CT molecular complexity index is 911. The highest BCUT2D eigenvalue weighted by atomic mass is 32.2. The van der Waals surface area contributed by atoms with Gasteiger partial charge in [-0.15, -0.1) is 0 Å². The van der Waals surface area contributed by atoms with Gasteiger partial charge in [0.2, 0.25) is 15.9 Å². The number of sulfonamides is 1. The lowest BCUT2D eigenvalue weighted by Gasteiger charge is -2.26. The average Bonchev–Trinajstić information content (AvgIpc) is 2.71. The third-order valence-electron chi connectivity index (χ3n) is 4.81. The Morgan fingerprint density at radius 2 is 1.86 bits per heavy atom. The van der Waals surface area contributed by atoms with Gasteiger partial charge in [-0.2, -0.15) is 4.72 Å². The summed E-state index contributed by atoms with van der Waals surface area (Å²) in [5, 5.41) is 4.61. The summed E-state index contributed by atoms with van der Waals surface area (Å²) in [5.41, 5.74) is 0. The Hall–Kier alpha value is -2.00. The zero-order chi connectivity index (χ0) is 20.0. The van der Waals surface area contributed by atoms with Crippen molar-refractivity contribution in [2.24, 2.45) is 0 Å². The average molecular weight is 406 g/mol. The first-order valence-corrected chi connectivity index (χ1v) is 11.0. The zero-order valence-electron chi connectivity index (χ0n) is 16.1. The Labute approximate surface area is 166 Å². The first kappa shape index (κ1) is 20.7. The number of carbonyl (C=O) groups excluding carboxylic acids is 1. The molecule has 1 heterocycles. The highest BCUT2D eigenvalue weighted by Gasteiger charge is 2.22. The number of rotatable bonds is 8. The van der Waals surface area contributed by atoms with Gasteiger partial charge in [0, 0.05) is 19.6 Å². The van der Waals surface area contributed by atoms with E-state index in [2.05, 4.69) is 14.9 Å². The highest BCUT2D eigenvalue weighted by molar-refractivity contribution is 7.89. The number of ether oxygens (including phenoxy) is 1. The van der Waals surface area contributed by atoms with Gasteiger partial charge in [0.1, 0.15) is 0 Å². The van der Waals surface area contributed by atoms with Crippen molar-refractivity contribution in [3.63, 3.8) is 0 Å². The van der Waals surface area contributed by atoms with Crippen molar-refractivity contribution in [1.82, 2.24) is 14.9 Å². The maximum atomic E-state index is 12.6. The van der Waals surface area contributed by atoms with Crippen molar-refractivity contribution < 1.29 is 17.9 Å². The van der Waals surface area contributed by atoms with Crippen LogP contribution in [-0.2, 0) is 19.6 Å². The number of carbonyl (C=O) groups is 1. The molecule has 1 saturated heterocycles. The van der Waals surface area contributed by atoms with E-state index in [0.717, 1.165) is 50.0 Å². The quantitative estimate of drug-likeness (QED) is 0.648. The molecule has 1 atom stereocenters. The fourth-order valence-electron chi connectivity index (χ4n) is 3.18. The Kier molecular flexibility index (Phi) is 7.01. The summed E-state index contributed by atoms with van der Waals surface area (Å²) in [6.45, 7) is 6.28. The number of benzene rings is 2. The summed E-state index contributed by atoms with van der Waals surface area (Å²) in [6, 6.07) is 11.6. The molecule has 0 unspecified atom stereocenters. The van der Waals surface area contributed by atoms with Crippen molar-refractivity contribution in [3.05, 3.63) is 42.5 Å². The third-order valence-corrected chi connectivity index (χ3v) is 6.35. The Morgan fingerprint density at radius 3 is 2.61 bits per heavy atom. The van der Waals surface area contributed by atoms with E-state index in [4.69, 9.17) is 4.74 Å². The van der Waals surface area contributed by atoms with E-state index in [1.54, 1.807) is 25.1 Å². The van der Waals surface area contributed by atoms with Gasteiger partial charge in [0.05, 0.1) is 24.2 Å². The molecular formula is C20H27N3O4S. The molecule has 28 heavy (non-hydrogen) atoms. The van der Waals surface area contributed by atoms with Gasteiger partial charge >= 0.3 is 0 Å². The summed E-state index contributed by atoms with van der Waals surface area (Å²) in [6.07, 6.45) is 0.815. The molecule has 2 aromatic carbocycles. The molecule has 0 aliphatic carbocycles. The van der Waals surface area contributed by atoms with E-state index in [1.807, 2.05) is 24.3 Å². The lowest BCUT2D eigenvalue weighted by atomic mass is 10.1. The van der Waals surface area contributed by atoms with Crippen LogP contribution in [-0.4, -0.2) is 64.7 Å². The number of morpholine rings is 1. The predicted octanol–water partition coefficient (Wildman–Crippen LogP) is 1.35. The van der Waals surface area contributed by atoms with Crippen LogP contribution >= 0.6 is 0 Å². The first-order chi connectivity index (χ1) is 13.5. The molecule has 1 aliphatic rings. The van der Waals surface area contributed by atoms with Crippen molar-refractivity contribution in [2.75, 3.05) is 39.4 Å². The van der Waals surface area contributed by atoms with Crippen molar-refractivity contribution in [3.8, 4) is 0 Å². The minimum Gasteiger partial charge on any atom is -0.379 e. The summed E-state index contributed by atoms with van der Waals surface area (Å²) < 4.78 is 33.0. The van der Waals surface area contributed by atoms with Crippen LogP contribution in [0, 0.1) is 0 Å². The molecule has 1 aliphatic heterocycles. The fourth-order valence-corrected chi connectivity index (χ4v) is 4.42. The van der Waals surface area contributed by atoms with Gasteiger partial charge in [-0.1, -0.05) is 30.3 Å². The van der Waals surface area contributed by atoms with Crippen molar-refractivity contribution in [2.45, 2.75) is 24.3 Å². The lowest BCUT2D eigenvalue weighted by molar-refractivity contribution is -0.122. The largest absolute Gasteiger partial charge is 0.379 e. The molecule has 8 heteroatoms. The van der Waals surface area contributed by atoms with Crippen LogP contribution in [0.5, 0.6) is 0 Å². The molecule has 1 amide bonds. The van der Waals surface area contributed by atoms with Crippen molar-refractivity contribution >= 4 is 26.7 Å². The van der Waals surface area contributed by atoms with Gasteiger partial charge in [-0.05, 0) is 42.8 Å². The maximum absolute atomic E-state index is 12.6. The number of hydrogen-bond donors (Lipinski definition) is 2.